The van der Waals surface area contributed by atoms with Gasteiger partial charge in [-0.3, -0.25) is 0 Å². The van der Waals surface area contributed by atoms with Crippen LogP contribution in [0.4, 0.5) is 4.79 Å². The minimum absolute atomic E-state index is 0.0578. The number of nitrogens with one attached hydrogen (secondary N) is 1. The van der Waals surface area contributed by atoms with Gasteiger partial charge in [-0.1, -0.05) is 18.2 Å². The van der Waals surface area contributed by atoms with E-state index in [1.165, 1.54) is 15.6 Å². The third kappa shape index (κ3) is 3.87. The van der Waals surface area contributed by atoms with Gasteiger partial charge in [-0.15, -0.1) is 21.5 Å². The molecule has 0 bridgehead atoms. The number of benzene rings is 1. The molecule has 0 aliphatic carbocycles. The van der Waals surface area contributed by atoms with Gasteiger partial charge in [0.2, 0.25) is 0 Å². The molecule has 1 aromatic carbocycles. The molecule has 1 N–H and O–H groups in total. The molecule has 0 aliphatic heterocycles. The van der Waals surface area contributed by atoms with Crippen molar-refractivity contribution in [1.82, 2.24) is 25.0 Å². The lowest BCUT2D eigenvalue weighted by Gasteiger charge is -2.17. The van der Waals surface area contributed by atoms with Crippen molar-refractivity contribution < 1.29 is 4.79 Å². The van der Waals surface area contributed by atoms with Crippen molar-refractivity contribution in [2.45, 2.75) is 13.0 Å². The van der Waals surface area contributed by atoms with Gasteiger partial charge in [-0.25, -0.2) is 4.79 Å². The Balaban J connectivity index is 1.45. The molecule has 0 atom stereocenters. The molecule has 0 unspecified atom stereocenters. The monoisotopic (exact) mass is 329 g/mol. The van der Waals surface area contributed by atoms with E-state index in [2.05, 4.69) is 45.2 Å². The summed E-state index contributed by atoms with van der Waals surface area (Å²) in [6.45, 7) is 1.94. The number of likely N-dealkylation sites (N-methyl/N-ethyl adjacent to an activating group) is 1. The van der Waals surface area contributed by atoms with Crippen molar-refractivity contribution >= 4 is 27.5 Å². The number of urea groups is 1. The second kappa shape index (κ2) is 7.23. The van der Waals surface area contributed by atoms with Gasteiger partial charge in [-0.2, -0.15) is 0 Å². The molecular weight excluding hydrogens is 310 g/mol. The molecule has 23 heavy (non-hydrogen) atoms. The fourth-order valence-corrected chi connectivity index (χ4v) is 3.37. The molecule has 0 radical (unpaired) electrons. The van der Waals surface area contributed by atoms with Gasteiger partial charge in [0.05, 0.1) is 0 Å². The average Bonchev–Trinajstić information content (AvgIpc) is 3.22. The van der Waals surface area contributed by atoms with Crippen molar-refractivity contribution in [3.8, 4) is 0 Å². The van der Waals surface area contributed by atoms with E-state index in [1.807, 2.05) is 4.57 Å². The van der Waals surface area contributed by atoms with E-state index in [0.29, 0.717) is 19.6 Å². The highest BCUT2D eigenvalue weighted by Gasteiger charge is 2.09. The van der Waals surface area contributed by atoms with Crippen LogP contribution in [0.3, 0.4) is 0 Å². The van der Waals surface area contributed by atoms with E-state index in [4.69, 9.17) is 0 Å². The van der Waals surface area contributed by atoms with E-state index in [1.54, 1.807) is 35.9 Å². The Morgan fingerprint density at radius 1 is 1.30 bits per heavy atom. The molecule has 2 aromatic heterocycles. The maximum Gasteiger partial charge on any atom is 0.317 e. The molecule has 0 saturated heterocycles. The largest absolute Gasteiger partial charge is 0.338 e. The SMILES string of the molecule is CN(CCn1cnnc1)C(=O)NCCc1csc2ccccc12. The summed E-state index contributed by atoms with van der Waals surface area (Å²) in [5, 5.41) is 13.9. The Morgan fingerprint density at radius 3 is 2.91 bits per heavy atom. The lowest BCUT2D eigenvalue weighted by Crippen LogP contribution is -2.39. The predicted molar refractivity (Wildman–Crippen MR) is 91.6 cm³/mol. The van der Waals surface area contributed by atoms with E-state index >= 15 is 0 Å². The average molecular weight is 329 g/mol. The first-order chi connectivity index (χ1) is 11.2. The highest BCUT2D eigenvalue weighted by molar-refractivity contribution is 7.17. The molecule has 2 amide bonds. The first-order valence-corrected chi connectivity index (χ1v) is 8.38. The molecule has 3 aromatic rings. The number of rotatable bonds is 6. The van der Waals surface area contributed by atoms with Crippen molar-refractivity contribution in [2.24, 2.45) is 0 Å². The number of hydrogen-bond acceptors (Lipinski definition) is 4. The maximum atomic E-state index is 12.1. The van der Waals surface area contributed by atoms with Crippen LogP contribution in [0.25, 0.3) is 10.1 Å². The summed E-state index contributed by atoms with van der Waals surface area (Å²) >= 11 is 1.75. The number of hydrogen-bond donors (Lipinski definition) is 1. The van der Waals surface area contributed by atoms with Gasteiger partial charge < -0.3 is 14.8 Å². The second-order valence-electron chi connectivity index (χ2n) is 5.36. The van der Waals surface area contributed by atoms with E-state index in [0.717, 1.165) is 6.42 Å². The summed E-state index contributed by atoms with van der Waals surface area (Å²) < 4.78 is 3.14. The molecule has 6 nitrogen and oxygen atoms in total. The second-order valence-corrected chi connectivity index (χ2v) is 6.27. The quantitative estimate of drug-likeness (QED) is 0.755. The van der Waals surface area contributed by atoms with Crippen LogP contribution in [0.1, 0.15) is 5.56 Å². The molecule has 7 heteroatoms. The summed E-state index contributed by atoms with van der Waals surface area (Å²) in [4.78, 5) is 13.7. The summed E-state index contributed by atoms with van der Waals surface area (Å²) in [5.74, 6) is 0. The first kappa shape index (κ1) is 15.5. The minimum atomic E-state index is -0.0578. The lowest BCUT2D eigenvalue weighted by atomic mass is 10.1. The fourth-order valence-electron chi connectivity index (χ4n) is 2.37. The topological polar surface area (TPSA) is 63.1 Å². The molecule has 120 valence electrons. The molecule has 2 heterocycles. The summed E-state index contributed by atoms with van der Waals surface area (Å²) in [6.07, 6.45) is 4.13. The van der Waals surface area contributed by atoms with Crippen molar-refractivity contribution in [1.29, 1.82) is 0 Å². The molecular formula is C16H19N5OS. The molecule has 3 rings (SSSR count). The maximum absolute atomic E-state index is 12.1. The van der Waals surface area contributed by atoms with Gasteiger partial charge >= 0.3 is 6.03 Å². The highest BCUT2D eigenvalue weighted by atomic mass is 32.1. The molecule has 0 fully saturated rings. The van der Waals surface area contributed by atoms with Crippen molar-refractivity contribution in [3.63, 3.8) is 0 Å². The van der Waals surface area contributed by atoms with Gasteiger partial charge in [0.25, 0.3) is 0 Å². The Labute approximate surface area is 138 Å². The number of carbonyl (C=O) groups is 1. The Morgan fingerprint density at radius 2 is 2.09 bits per heavy atom. The summed E-state index contributed by atoms with van der Waals surface area (Å²) in [6, 6.07) is 8.30. The third-order valence-corrected chi connectivity index (χ3v) is 4.75. The van der Waals surface area contributed by atoms with Crippen LogP contribution in [0.15, 0.2) is 42.3 Å². The smallest absolute Gasteiger partial charge is 0.317 e. The normalized spacial score (nSPS) is 10.8. The molecule has 0 saturated carbocycles. The number of carbonyl (C=O) groups excluding carboxylic acids is 1. The molecule has 0 spiro atoms. The third-order valence-electron chi connectivity index (χ3n) is 3.74. The van der Waals surface area contributed by atoms with Crippen LogP contribution in [0.2, 0.25) is 0 Å². The number of aromatic nitrogens is 3. The van der Waals surface area contributed by atoms with Crippen molar-refractivity contribution in [3.05, 3.63) is 47.9 Å². The first-order valence-electron chi connectivity index (χ1n) is 7.50. The van der Waals surface area contributed by atoms with Gasteiger partial charge in [0.15, 0.2) is 0 Å². The van der Waals surface area contributed by atoms with Crippen LogP contribution in [0.5, 0.6) is 0 Å². The number of amides is 2. The van der Waals surface area contributed by atoms with Crippen LogP contribution in [-0.4, -0.2) is 45.8 Å². The number of fused-ring (bicyclic) bond motifs is 1. The summed E-state index contributed by atoms with van der Waals surface area (Å²) in [7, 11) is 1.79. The summed E-state index contributed by atoms with van der Waals surface area (Å²) in [5.41, 5.74) is 1.29. The Hall–Kier alpha value is -2.41. The van der Waals surface area contributed by atoms with Gasteiger partial charge in [0.1, 0.15) is 12.7 Å². The predicted octanol–water partition coefficient (Wildman–Crippen LogP) is 2.38. The number of thiophene rings is 1. The van der Waals surface area contributed by atoms with E-state index in [-0.39, 0.29) is 6.03 Å². The lowest BCUT2D eigenvalue weighted by molar-refractivity contribution is 0.207. The zero-order valence-corrected chi connectivity index (χ0v) is 13.8. The number of nitrogens with zero attached hydrogens (tertiary/aromatic N) is 4. The standard InChI is InChI=1S/C16H19N5OS/c1-20(8-9-21-11-18-19-12-21)16(22)17-7-6-13-10-23-15-5-3-2-4-14(13)15/h2-5,10-12H,6-9H2,1H3,(H,17,22). The zero-order chi connectivity index (χ0) is 16.1. The zero-order valence-electron chi connectivity index (χ0n) is 13.0. The van der Waals surface area contributed by atoms with Crippen LogP contribution >= 0.6 is 11.3 Å². The van der Waals surface area contributed by atoms with Crippen LogP contribution in [-0.2, 0) is 13.0 Å². The molecule has 0 aliphatic rings. The van der Waals surface area contributed by atoms with E-state index < -0.39 is 0 Å². The van der Waals surface area contributed by atoms with Crippen LogP contribution in [0, 0.1) is 0 Å². The van der Waals surface area contributed by atoms with Crippen LogP contribution < -0.4 is 5.32 Å². The Kier molecular flexibility index (Phi) is 4.87. The highest BCUT2D eigenvalue weighted by Crippen LogP contribution is 2.25. The van der Waals surface area contributed by atoms with Gasteiger partial charge in [-0.05, 0) is 28.8 Å². The van der Waals surface area contributed by atoms with Crippen molar-refractivity contribution in [2.75, 3.05) is 20.1 Å². The minimum Gasteiger partial charge on any atom is -0.338 e. The van der Waals surface area contributed by atoms with E-state index in [9.17, 15) is 4.79 Å². The fraction of sp³-hybridized carbons (Fsp3) is 0.312. The van der Waals surface area contributed by atoms with Gasteiger partial charge in [0, 0.05) is 31.4 Å². The Bertz CT molecular complexity index is 768.